The first-order valence-electron chi connectivity index (χ1n) is 5.42. The van der Waals surface area contributed by atoms with Crippen molar-refractivity contribution in [1.29, 1.82) is 0 Å². The lowest BCUT2D eigenvalue weighted by molar-refractivity contribution is 0.669. The number of nitrogens with one attached hydrogen (secondary N) is 1. The molecule has 0 aliphatic rings. The van der Waals surface area contributed by atoms with Crippen molar-refractivity contribution in [3.8, 4) is 0 Å². The molecule has 1 aromatic carbocycles. The van der Waals surface area contributed by atoms with Gasteiger partial charge in [0, 0.05) is 28.9 Å². The van der Waals surface area contributed by atoms with E-state index in [2.05, 4.69) is 12.2 Å². The van der Waals surface area contributed by atoms with E-state index in [0.717, 1.165) is 30.8 Å². The van der Waals surface area contributed by atoms with Crippen LogP contribution in [0, 0.1) is 0 Å². The van der Waals surface area contributed by atoms with E-state index in [4.69, 9.17) is 0 Å². The lowest BCUT2D eigenvalue weighted by Gasteiger charge is -2.03. The molecule has 0 fully saturated rings. The molecule has 3 heteroatoms. The topological polar surface area (TPSA) is 29.1 Å². The molecule has 0 bridgehead atoms. The van der Waals surface area contributed by atoms with Crippen molar-refractivity contribution in [1.82, 2.24) is 5.32 Å². The van der Waals surface area contributed by atoms with E-state index in [1.807, 2.05) is 30.3 Å². The Kier molecular flexibility index (Phi) is 6.28. The van der Waals surface area contributed by atoms with Gasteiger partial charge in [0.1, 0.15) is 0 Å². The smallest absolute Gasteiger partial charge is 0.0486 e. The van der Waals surface area contributed by atoms with Crippen LogP contribution in [0.15, 0.2) is 30.3 Å². The lowest BCUT2D eigenvalue weighted by atomic mass is 10.2. The first-order valence-corrected chi connectivity index (χ1v) is 6.91. The monoisotopic (exact) mass is 225 g/mol. The van der Waals surface area contributed by atoms with E-state index in [-0.39, 0.29) is 0 Å². The van der Waals surface area contributed by atoms with Gasteiger partial charge in [-0.1, -0.05) is 37.3 Å². The molecule has 1 unspecified atom stereocenters. The van der Waals surface area contributed by atoms with Crippen LogP contribution in [0.2, 0.25) is 0 Å². The van der Waals surface area contributed by atoms with Crippen LogP contribution in [0.1, 0.15) is 18.9 Å². The van der Waals surface area contributed by atoms with Crippen LogP contribution in [-0.2, 0) is 16.6 Å². The summed E-state index contributed by atoms with van der Waals surface area (Å²) in [5.41, 5.74) is 1.16. The molecule has 0 saturated heterocycles. The second-order valence-corrected chi connectivity index (χ2v) is 5.10. The van der Waals surface area contributed by atoms with Crippen molar-refractivity contribution >= 4 is 10.8 Å². The largest absolute Gasteiger partial charge is 0.316 e. The molecule has 0 aromatic heterocycles. The van der Waals surface area contributed by atoms with E-state index >= 15 is 0 Å². The second-order valence-electron chi connectivity index (χ2n) is 3.52. The van der Waals surface area contributed by atoms with Gasteiger partial charge in [0.05, 0.1) is 0 Å². The van der Waals surface area contributed by atoms with Gasteiger partial charge in [0.2, 0.25) is 0 Å². The maximum absolute atomic E-state index is 11.6. The molecule has 0 spiro atoms. The lowest BCUT2D eigenvalue weighted by Crippen LogP contribution is -2.21. The highest BCUT2D eigenvalue weighted by Gasteiger charge is 2.00. The first-order chi connectivity index (χ1) is 7.33. The van der Waals surface area contributed by atoms with E-state index in [1.165, 1.54) is 0 Å². The molecule has 1 rings (SSSR count). The molecule has 0 heterocycles. The molecule has 0 saturated carbocycles. The fourth-order valence-corrected chi connectivity index (χ4v) is 2.40. The van der Waals surface area contributed by atoms with Gasteiger partial charge in [0.15, 0.2) is 0 Å². The molecule has 0 aliphatic carbocycles. The van der Waals surface area contributed by atoms with Gasteiger partial charge in [0.25, 0.3) is 0 Å². The Hall–Kier alpha value is -0.670. The molecule has 0 amide bonds. The van der Waals surface area contributed by atoms with Crippen LogP contribution in [0.3, 0.4) is 0 Å². The van der Waals surface area contributed by atoms with Gasteiger partial charge in [-0.3, -0.25) is 4.21 Å². The predicted molar refractivity (Wildman–Crippen MR) is 66.3 cm³/mol. The average Bonchev–Trinajstić information content (AvgIpc) is 2.26. The van der Waals surface area contributed by atoms with Crippen molar-refractivity contribution in [3.05, 3.63) is 35.9 Å². The Balaban J connectivity index is 2.19. The average molecular weight is 225 g/mol. The maximum atomic E-state index is 11.6. The van der Waals surface area contributed by atoms with E-state index in [0.29, 0.717) is 5.75 Å². The fourth-order valence-electron chi connectivity index (χ4n) is 1.32. The van der Waals surface area contributed by atoms with Crippen molar-refractivity contribution in [2.75, 3.05) is 18.8 Å². The van der Waals surface area contributed by atoms with Crippen molar-refractivity contribution in [3.63, 3.8) is 0 Å². The Morgan fingerprint density at radius 1 is 1.20 bits per heavy atom. The summed E-state index contributed by atoms with van der Waals surface area (Å²) in [6.07, 6.45) is 1.13. The molecule has 1 N–H and O–H groups in total. The summed E-state index contributed by atoms with van der Waals surface area (Å²) in [6, 6.07) is 10.0. The molecule has 84 valence electrons. The minimum atomic E-state index is -0.737. The highest BCUT2D eigenvalue weighted by atomic mass is 32.2. The molecular weight excluding hydrogens is 206 g/mol. The molecule has 0 radical (unpaired) electrons. The zero-order valence-corrected chi connectivity index (χ0v) is 10.1. The van der Waals surface area contributed by atoms with Gasteiger partial charge in [-0.25, -0.2) is 0 Å². The Morgan fingerprint density at radius 3 is 2.60 bits per heavy atom. The Morgan fingerprint density at radius 2 is 1.93 bits per heavy atom. The fraction of sp³-hybridized carbons (Fsp3) is 0.500. The summed E-state index contributed by atoms with van der Waals surface area (Å²) in [5, 5.41) is 3.26. The van der Waals surface area contributed by atoms with Crippen LogP contribution in [0.4, 0.5) is 0 Å². The van der Waals surface area contributed by atoms with Crippen molar-refractivity contribution in [2.24, 2.45) is 0 Å². The van der Waals surface area contributed by atoms with Crippen molar-refractivity contribution in [2.45, 2.75) is 19.1 Å². The van der Waals surface area contributed by atoms with Crippen LogP contribution < -0.4 is 5.32 Å². The summed E-state index contributed by atoms with van der Waals surface area (Å²) in [5.74, 6) is 1.42. The number of hydrogen-bond donors (Lipinski definition) is 1. The normalized spacial score (nSPS) is 12.6. The third-order valence-corrected chi connectivity index (χ3v) is 3.42. The summed E-state index contributed by atoms with van der Waals surface area (Å²) in [6.45, 7) is 4.00. The van der Waals surface area contributed by atoms with Crippen LogP contribution in [0.5, 0.6) is 0 Å². The summed E-state index contributed by atoms with van der Waals surface area (Å²) >= 11 is 0. The number of rotatable bonds is 7. The molecule has 0 aliphatic heterocycles. The van der Waals surface area contributed by atoms with Gasteiger partial charge in [-0.05, 0) is 18.5 Å². The Bertz CT molecular complexity index is 287. The molecule has 2 nitrogen and oxygen atoms in total. The summed E-state index contributed by atoms with van der Waals surface area (Å²) < 4.78 is 11.6. The van der Waals surface area contributed by atoms with Crippen LogP contribution >= 0.6 is 0 Å². The minimum absolute atomic E-state index is 0.675. The maximum Gasteiger partial charge on any atom is 0.0486 e. The number of benzene rings is 1. The zero-order valence-electron chi connectivity index (χ0n) is 9.24. The summed E-state index contributed by atoms with van der Waals surface area (Å²) in [4.78, 5) is 0. The minimum Gasteiger partial charge on any atom is -0.316 e. The molecule has 15 heavy (non-hydrogen) atoms. The molecule has 1 aromatic rings. The first kappa shape index (κ1) is 12.4. The predicted octanol–water partition coefficient (Wildman–Crippen LogP) is 1.93. The van der Waals surface area contributed by atoms with E-state index < -0.39 is 10.8 Å². The summed E-state index contributed by atoms with van der Waals surface area (Å²) in [7, 11) is -0.737. The van der Waals surface area contributed by atoms with Gasteiger partial charge in [-0.15, -0.1) is 0 Å². The van der Waals surface area contributed by atoms with Crippen molar-refractivity contribution < 1.29 is 4.21 Å². The standard InChI is InChI=1S/C12H19NOS/c1-2-8-13-9-10-15(14)11-12-6-4-3-5-7-12/h3-7,13H,2,8-11H2,1H3. The van der Waals surface area contributed by atoms with Gasteiger partial charge in [-0.2, -0.15) is 0 Å². The highest BCUT2D eigenvalue weighted by molar-refractivity contribution is 7.84. The van der Waals surface area contributed by atoms with E-state index in [1.54, 1.807) is 0 Å². The number of hydrogen-bond acceptors (Lipinski definition) is 2. The third-order valence-electron chi connectivity index (χ3n) is 2.10. The van der Waals surface area contributed by atoms with E-state index in [9.17, 15) is 4.21 Å². The third kappa shape index (κ3) is 5.70. The second kappa shape index (κ2) is 7.60. The van der Waals surface area contributed by atoms with Crippen LogP contribution in [-0.4, -0.2) is 23.1 Å². The van der Waals surface area contributed by atoms with Gasteiger partial charge < -0.3 is 5.32 Å². The Labute approximate surface area is 94.5 Å². The van der Waals surface area contributed by atoms with Crippen LogP contribution in [0.25, 0.3) is 0 Å². The molecular formula is C12H19NOS. The quantitative estimate of drug-likeness (QED) is 0.719. The zero-order chi connectivity index (χ0) is 10.9. The molecule has 1 atom stereocenters. The van der Waals surface area contributed by atoms with Gasteiger partial charge >= 0.3 is 0 Å². The SMILES string of the molecule is CCCNCCS(=O)Cc1ccccc1. The highest BCUT2D eigenvalue weighted by Crippen LogP contribution is 2.02.